The lowest BCUT2D eigenvalue weighted by Gasteiger charge is -2.21. The van der Waals surface area contributed by atoms with E-state index in [0.717, 1.165) is 108 Å². The van der Waals surface area contributed by atoms with Crippen LogP contribution in [0, 0.1) is 23.7 Å². The van der Waals surface area contributed by atoms with Crippen LogP contribution >= 0.6 is 15.6 Å². The molecule has 0 aromatic carbocycles. The van der Waals surface area contributed by atoms with Crippen molar-refractivity contribution >= 4 is 39.5 Å². The SMILES string of the molecule is CCC(C)CCCCCCCCCCCCCCCCC(=O)OC[C@H](COP(=O)(O)OC[C@@H](O)COP(=O)(O)OC[C@@H](COC(=O)CCCCCCCCC(C)C)OC(=O)CCCCCCCCCCCCCCCCC(C)C)OC(=O)CCCCCCCCCC(C)C. The van der Waals surface area contributed by atoms with Gasteiger partial charge in [0.2, 0.25) is 0 Å². The summed E-state index contributed by atoms with van der Waals surface area (Å²) in [6.07, 6.45) is 48.8. The van der Waals surface area contributed by atoms with Gasteiger partial charge in [-0.3, -0.25) is 37.3 Å². The van der Waals surface area contributed by atoms with E-state index in [0.29, 0.717) is 37.5 Å². The Balaban J connectivity index is 5.17. The second kappa shape index (κ2) is 64.4. The van der Waals surface area contributed by atoms with Crippen LogP contribution in [-0.4, -0.2) is 96.7 Å². The molecule has 0 saturated heterocycles. The number of carbonyl (C=O) groups is 4. The Morgan fingerprint density at radius 3 is 0.755 bits per heavy atom. The van der Waals surface area contributed by atoms with E-state index in [1.165, 1.54) is 173 Å². The Morgan fingerprint density at radius 1 is 0.298 bits per heavy atom. The van der Waals surface area contributed by atoms with Gasteiger partial charge in [-0.1, -0.05) is 325 Å². The quantitative estimate of drug-likeness (QED) is 0.0222. The third-order valence-electron chi connectivity index (χ3n) is 17.7. The minimum Gasteiger partial charge on any atom is -0.462 e. The summed E-state index contributed by atoms with van der Waals surface area (Å²) in [5.74, 6) is 0.894. The molecule has 0 heterocycles. The summed E-state index contributed by atoms with van der Waals surface area (Å²) in [7, 11) is -9.91. The fraction of sp³-hybridized carbons (Fsp3) is 0.947. The number of esters is 4. The lowest BCUT2D eigenvalue weighted by Crippen LogP contribution is -2.30. The maximum Gasteiger partial charge on any atom is 0.472 e. The molecule has 0 bridgehead atoms. The van der Waals surface area contributed by atoms with Crippen molar-refractivity contribution < 1.29 is 80.2 Å². The van der Waals surface area contributed by atoms with Crippen molar-refractivity contribution in [2.24, 2.45) is 23.7 Å². The third kappa shape index (κ3) is 67.3. The number of rotatable bonds is 72. The minimum absolute atomic E-state index is 0.103. The number of ether oxygens (including phenoxy) is 4. The fourth-order valence-corrected chi connectivity index (χ4v) is 12.9. The van der Waals surface area contributed by atoms with Crippen LogP contribution in [0.1, 0.15) is 376 Å². The molecule has 0 rings (SSSR count). The van der Waals surface area contributed by atoms with Gasteiger partial charge in [0.05, 0.1) is 26.4 Å². The van der Waals surface area contributed by atoms with Crippen molar-refractivity contribution in [2.75, 3.05) is 39.6 Å². The van der Waals surface area contributed by atoms with E-state index >= 15 is 0 Å². The van der Waals surface area contributed by atoms with E-state index < -0.39 is 97.5 Å². The normalized spacial score (nSPS) is 14.4. The van der Waals surface area contributed by atoms with E-state index in [-0.39, 0.29) is 25.7 Å². The van der Waals surface area contributed by atoms with Crippen LogP contribution in [0.3, 0.4) is 0 Å². The van der Waals surface area contributed by atoms with Crippen LogP contribution in [0.5, 0.6) is 0 Å². The predicted molar refractivity (Wildman–Crippen MR) is 381 cm³/mol. The maximum absolute atomic E-state index is 13.0. The van der Waals surface area contributed by atoms with Crippen LogP contribution in [0.4, 0.5) is 0 Å². The Bertz CT molecular complexity index is 1850. The van der Waals surface area contributed by atoms with E-state index in [1.54, 1.807) is 0 Å². The van der Waals surface area contributed by atoms with Gasteiger partial charge in [0.15, 0.2) is 12.2 Å². The molecule has 3 N–H and O–H groups in total. The van der Waals surface area contributed by atoms with Crippen molar-refractivity contribution in [1.29, 1.82) is 0 Å². The predicted octanol–water partition coefficient (Wildman–Crippen LogP) is 21.7. The molecule has 0 aliphatic heterocycles. The van der Waals surface area contributed by atoms with E-state index in [1.807, 2.05) is 0 Å². The number of aliphatic hydroxyl groups is 1. The number of phosphoric acid groups is 2. The van der Waals surface area contributed by atoms with Crippen molar-refractivity contribution in [3.8, 4) is 0 Å². The van der Waals surface area contributed by atoms with Gasteiger partial charge >= 0.3 is 39.5 Å². The molecule has 0 radical (unpaired) electrons. The van der Waals surface area contributed by atoms with Gasteiger partial charge < -0.3 is 33.8 Å². The first-order chi connectivity index (χ1) is 45.1. The average molecular weight is 1380 g/mol. The van der Waals surface area contributed by atoms with Gasteiger partial charge in [-0.2, -0.15) is 0 Å². The highest BCUT2D eigenvalue weighted by Crippen LogP contribution is 2.45. The van der Waals surface area contributed by atoms with Crippen LogP contribution in [0.25, 0.3) is 0 Å². The highest BCUT2D eigenvalue weighted by atomic mass is 31.2. The second-order valence-electron chi connectivity index (χ2n) is 28.7. The smallest absolute Gasteiger partial charge is 0.462 e. The number of hydrogen-bond acceptors (Lipinski definition) is 15. The average Bonchev–Trinajstić information content (AvgIpc) is 1.82. The zero-order valence-corrected chi connectivity index (χ0v) is 63.4. The third-order valence-corrected chi connectivity index (χ3v) is 19.6. The van der Waals surface area contributed by atoms with Gasteiger partial charge in [0.1, 0.15) is 19.3 Å². The van der Waals surface area contributed by atoms with Gasteiger partial charge in [0.25, 0.3) is 0 Å². The highest BCUT2D eigenvalue weighted by molar-refractivity contribution is 7.47. The van der Waals surface area contributed by atoms with Gasteiger partial charge in [-0.15, -0.1) is 0 Å². The molecule has 0 amide bonds. The zero-order valence-electron chi connectivity index (χ0n) is 61.6. The Hall–Kier alpha value is -1.94. The summed E-state index contributed by atoms with van der Waals surface area (Å²) < 4.78 is 68.4. The lowest BCUT2D eigenvalue weighted by atomic mass is 9.99. The second-order valence-corrected chi connectivity index (χ2v) is 31.6. The lowest BCUT2D eigenvalue weighted by molar-refractivity contribution is -0.161. The first-order valence-electron chi connectivity index (χ1n) is 38.7. The first-order valence-corrected chi connectivity index (χ1v) is 41.7. The summed E-state index contributed by atoms with van der Waals surface area (Å²) in [4.78, 5) is 72.7. The fourth-order valence-electron chi connectivity index (χ4n) is 11.3. The molecule has 0 aromatic rings. The summed E-state index contributed by atoms with van der Waals surface area (Å²) in [5, 5.41) is 10.6. The van der Waals surface area contributed by atoms with Crippen LogP contribution in [0.2, 0.25) is 0 Å². The molecule has 3 unspecified atom stereocenters. The molecule has 0 aromatic heterocycles. The number of carbonyl (C=O) groups excluding carboxylic acids is 4. The topological polar surface area (TPSA) is 237 Å². The van der Waals surface area contributed by atoms with Crippen LogP contribution < -0.4 is 0 Å². The molecular weight excluding hydrogens is 1230 g/mol. The number of phosphoric ester groups is 2. The Morgan fingerprint density at radius 2 is 0.511 bits per heavy atom. The van der Waals surface area contributed by atoms with Crippen molar-refractivity contribution in [3.05, 3.63) is 0 Å². The van der Waals surface area contributed by atoms with Crippen molar-refractivity contribution in [2.45, 2.75) is 395 Å². The van der Waals surface area contributed by atoms with Crippen LogP contribution in [-0.2, 0) is 65.4 Å². The van der Waals surface area contributed by atoms with E-state index in [4.69, 9.17) is 37.0 Å². The molecule has 19 heteroatoms. The summed E-state index contributed by atoms with van der Waals surface area (Å²) in [5.41, 5.74) is 0. The van der Waals surface area contributed by atoms with Crippen molar-refractivity contribution in [3.63, 3.8) is 0 Å². The molecule has 0 aliphatic carbocycles. The molecule has 0 aliphatic rings. The minimum atomic E-state index is -4.95. The summed E-state index contributed by atoms with van der Waals surface area (Å²) >= 11 is 0. The van der Waals surface area contributed by atoms with Gasteiger partial charge in [0, 0.05) is 25.7 Å². The molecule has 0 fully saturated rings. The van der Waals surface area contributed by atoms with E-state index in [2.05, 4.69) is 55.4 Å². The molecule has 6 atom stereocenters. The Kier molecular flexibility index (Phi) is 63.1. The first kappa shape index (κ1) is 92.1. The van der Waals surface area contributed by atoms with Crippen LogP contribution in [0.15, 0.2) is 0 Å². The summed E-state index contributed by atoms with van der Waals surface area (Å²) in [6, 6.07) is 0. The maximum atomic E-state index is 13.0. The highest BCUT2D eigenvalue weighted by Gasteiger charge is 2.30. The largest absolute Gasteiger partial charge is 0.472 e. The van der Waals surface area contributed by atoms with E-state index in [9.17, 15) is 43.2 Å². The molecule has 17 nitrogen and oxygen atoms in total. The zero-order chi connectivity index (χ0) is 69.6. The molecule has 558 valence electrons. The monoisotopic (exact) mass is 1380 g/mol. The van der Waals surface area contributed by atoms with Gasteiger partial charge in [-0.05, 0) is 49.4 Å². The Labute approximate surface area is 575 Å². The van der Waals surface area contributed by atoms with Crippen molar-refractivity contribution in [1.82, 2.24) is 0 Å². The number of unbranched alkanes of at least 4 members (excludes halogenated alkanes) is 37. The summed E-state index contributed by atoms with van der Waals surface area (Å²) in [6.45, 7) is 14.1. The molecule has 94 heavy (non-hydrogen) atoms. The standard InChI is InChI=1S/C75H146O17P2/c1-9-68(8)54-46-38-29-23-19-15-11-13-16-20-24-30-39-47-55-72(77)85-61-70(92-75(80)58-50-42-32-26-28-36-44-52-66(4)5)63-89-93(81,82)87-59-69(76)60-88-94(83,84)90-64-71(62-86-73(78)56-48-40-34-33-37-45-53-67(6)7)91-74(79)57-49-41-31-25-21-17-12-10-14-18-22-27-35-43-51-65(2)3/h65-71,76H,9-64H2,1-8H3,(H,81,82)(H,83,84)/t68?,69-,70-,71-/m1/s1. The number of aliphatic hydroxyl groups excluding tert-OH is 1. The molecule has 0 saturated carbocycles. The van der Waals surface area contributed by atoms with Gasteiger partial charge in [-0.25, -0.2) is 9.13 Å². The molecule has 0 spiro atoms. The number of hydrogen-bond donors (Lipinski definition) is 3. The molecular formula is C75H146O17P2.